The second kappa shape index (κ2) is 3.57. The molecule has 0 saturated carbocycles. The van der Waals surface area contributed by atoms with Gasteiger partial charge in [0, 0.05) is 29.8 Å². The second-order valence-corrected chi connectivity index (χ2v) is 3.10. The maximum absolute atomic E-state index is 11.3. The first-order chi connectivity index (χ1) is 7.22. The molecule has 2 aromatic heterocycles. The Morgan fingerprint density at radius 3 is 3.13 bits per heavy atom. The van der Waals surface area contributed by atoms with Gasteiger partial charge in [0.05, 0.1) is 6.26 Å². The molecule has 0 spiro atoms. The van der Waals surface area contributed by atoms with Crippen molar-refractivity contribution >= 4 is 22.6 Å². The van der Waals surface area contributed by atoms with Crippen molar-refractivity contribution in [2.45, 2.75) is 0 Å². The van der Waals surface area contributed by atoms with Gasteiger partial charge in [0.2, 0.25) is 5.71 Å². The lowest BCUT2D eigenvalue weighted by molar-refractivity contribution is -0.115. The number of nitrogens with zero attached hydrogens (tertiary/aromatic N) is 1. The van der Waals surface area contributed by atoms with Gasteiger partial charge in [-0.1, -0.05) is 6.58 Å². The molecule has 4 nitrogen and oxygen atoms in total. The van der Waals surface area contributed by atoms with E-state index in [0.29, 0.717) is 16.9 Å². The molecule has 0 radical (unpaired) electrons. The number of aromatic nitrogens is 1. The Morgan fingerprint density at radius 2 is 2.40 bits per heavy atom. The van der Waals surface area contributed by atoms with Crippen LogP contribution in [0.5, 0.6) is 0 Å². The average Bonchev–Trinajstić information content (AvgIpc) is 2.73. The molecule has 0 aliphatic rings. The molecule has 0 unspecified atom stereocenters. The van der Waals surface area contributed by atoms with Gasteiger partial charge in [-0.25, -0.2) is 4.98 Å². The van der Waals surface area contributed by atoms with Crippen LogP contribution >= 0.6 is 0 Å². The number of likely N-dealkylation sites (N-methyl/N-ethyl adjacent to an activating group) is 1. The predicted octanol–water partition coefficient (Wildman–Crippen LogP) is 1.59. The van der Waals surface area contributed by atoms with Crippen LogP contribution in [0.1, 0.15) is 5.56 Å². The number of hydrogen-bond donors (Lipinski definition) is 1. The molecule has 0 bridgehead atoms. The van der Waals surface area contributed by atoms with Crippen molar-refractivity contribution in [1.29, 1.82) is 0 Å². The van der Waals surface area contributed by atoms with Crippen LogP contribution < -0.4 is 5.32 Å². The maximum atomic E-state index is 11.3. The molecule has 0 aliphatic heterocycles. The lowest BCUT2D eigenvalue weighted by atomic mass is 10.1. The maximum Gasteiger partial charge on any atom is 0.251 e. The highest BCUT2D eigenvalue weighted by Gasteiger charge is 2.09. The number of hydrogen-bond acceptors (Lipinski definition) is 3. The number of nitrogens with one attached hydrogen (secondary N) is 1. The van der Waals surface area contributed by atoms with Crippen LogP contribution in [0, 0.1) is 0 Å². The SMILES string of the molecule is C=C(C(=O)NC)c1cnc2occc2c1. The second-order valence-electron chi connectivity index (χ2n) is 3.10. The molecule has 2 aromatic rings. The summed E-state index contributed by atoms with van der Waals surface area (Å²) in [6.07, 6.45) is 3.13. The average molecular weight is 202 g/mol. The molecule has 4 heteroatoms. The molecule has 1 N–H and O–H groups in total. The molecule has 0 atom stereocenters. The van der Waals surface area contributed by atoms with Crippen LogP contribution in [0.2, 0.25) is 0 Å². The number of carbonyl (C=O) groups excluding carboxylic acids is 1. The van der Waals surface area contributed by atoms with Crippen molar-refractivity contribution in [3.05, 3.63) is 36.7 Å². The number of rotatable bonds is 2. The van der Waals surface area contributed by atoms with E-state index in [9.17, 15) is 4.79 Å². The molecule has 76 valence electrons. The monoisotopic (exact) mass is 202 g/mol. The summed E-state index contributed by atoms with van der Waals surface area (Å²) in [5.41, 5.74) is 1.65. The van der Waals surface area contributed by atoms with Gasteiger partial charge in [0.1, 0.15) is 0 Å². The molecule has 15 heavy (non-hydrogen) atoms. The lowest BCUT2D eigenvalue weighted by Crippen LogP contribution is -2.18. The van der Waals surface area contributed by atoms with Gasteiger partial charge in [-0.15, -0.1) is 0 Å². The highest BCUT2D eigenvalue weighted by molar-refractivity contribution is 6.18. The molecule has 0 fully saturated rings. The van der Waals surface area contributed by atoms with E-state index in [4.69, 9.17) is 4.42 Å². The van der Waals surface area contributed by atoms with E-state index in [-0.39, 0.29) is 5.91 Å². The van der Waals surface area contributed by atoms with Crippen LogP contribution in [-0.4, -0.2) is 17.9 Å². The molecule has 0 saturated heterocycles. The Bertz CT molecular complexity index is 528. The first-order valence-electron chi connectivity index (χ1n) is 4.47. The number of fused-ring (bicyclic) bond motifs is 1. The molecule has 2 rings (SSSR count). The van der Waals surface area contributed by atoms with E-state index in [2.05, 4.69) is 16.9 Å². The van der Waals surface area contributed by atoms with Crippen LogP contribution in [-0.2, 0) is 4.79 Å². The van der Waals surface area contributed by atoms with E-state index in [0.717, 1.165) is 5.39 Å². The third-order valence-electron chi connectivity index (χ3n) is 2.16. The van der Waals surface area contributed by atoms with Crippen molar-refractivity contribution in [3.63, 3.8) is 0 Å². The van der Waals surface area contributed by atoms with E-state index < -0.39 is 0 Å². The van der Waals surface area contributed by atoms with Crippen molar-refractivity contribution in [2.24, 2.45) is 0 Å². The van der Waals surface area contributed by atoms with Gasteiger partial charge >= 0.3 is 0 Å². The van der Waals surface area contributed by atoms with Gasteiger partial charge in [0.15, 0.2) is 0 Å². The van der Waals surface area contributed by atoms with Crippen LogP contribution in [0.15, 0.2) is 35.6 Å². The molecule has 2 heterocycles. The summed E-state index contributed by atoms with van der Waals surface area (Å²) < 4.78 is 5.10. The van der Waals surface area contributed by atoms with Gasteiger partial charge in [-0.2, -0.15) is 0 Å². The zero-order valence-corrected chi connectivity index (χ0v) is 8.28. The summed E-state index contributed by atoms with van der Waals surface area (Å²) in [6.45, 7) is 3.70. The first-order valence-corrected chi connectivity index (χ1v) is 4.47. The summed E-state index contributed by atoms with van der Waals surface area (Å²) >= 11 is 0. The minimum absolute atomic E-state index is 0.209. The summed E-state index contributed by atoms with van der Waals surface area (Å²) in [5, 5.41) is 3.37. The third-order valence-corrected chi connectivity index (χ3v) is 2.16. The predicted molar refractivity (Wildman–Crippen MR) is 57.1 cm³/mol. The molecule has 0 aliphatic carbocycles. The molecular weight excluding hydrogens is 192 g/mol. The first kappa shape index (κ1) is 9.45. The number of pyridine rings is 1. The van der Waals surface area contributed by atoms with Crippen LogP contribution in [0.4, 0.5) is 0 Å². The standard InChI is InChI=1S/C11H10N2O2/c1-7(10(14)12-2)9-5-8-3-4-15-11(8)13-6-9/h3-6H,1H2,2H3,(H,12,14). The fourth-order valence-electron chi connectivity index (χ4n) is 1.31. The zero-order valence-electron chi connectivity index (χ0n) is 8.28. The lowest BCUT2D eigenvalue weighted by Gasteiger charge is -2.03. The van der Waals surface area contributed by atoms with E-state index in [1.54, 1.807) is 25.6 Å². The highest BCUT2D eigenvalue weighted by atomic mass is 16.3. The van der Waals surface area contributed by atoms with E-state index in [1.165, 1.54) is 0 Å². The normalized spacial score (nSPS) is 10.2. The number of amides is 1. The summed E-state index contributed by atoms with van der Waals surface area (Å²) in [7, 11) is 1.57. The van der Waals surface area contributed by atoms with Gasteiger partial charge < -0.3 is 9.73 Å². The Morgan fingerprint density at radius 1 is 1.60 bits per heavy atom. The van der Waals surface area contributed by atoms with E-state index >= 15 is 0 Å². The van der Waals surface area contributed by atoms with Crippen molar-refractivity contribution in [3.8, 4) is 0 Å². The fraction of sp³-hybridized carbons (Fsp3) is 0.0909. The van der Waals surface area contributed by atoms with Crippen LogP contribution in [0.3, 0.4) is 0 Å². The van der Waals surface area contributed by atoms with E-state index in [1.807, 2.05) is 6.07 Å². The summed E-state index contributed by atoms with van der Waals surface area (Å²) in [5.74, 6) is -0.209. The quantitative estimate of drug-likeness (QED) is 0.752. The number of carbonyl (C=O) groups is 1. The summed E-state index contributed by atoms with van der Waals surface area (Å²) in [6, 6.07) is 3.62. The minimum Gasteiger partial charge on any atom is -0.446 e. The smallest absolute Gasteiger partial charge is 0.251 e. The topological polar surface area (TPSA) is 55.1 Å². The van der Waals surface area contributed by atoms with Gasteiger partial charge in [-0.3, -0.25) is 4.79 Å². The molecular formula is C11H10N2O2. The van der Waals surface area contributed by atoms with Gasteiger partial charge in [0.25, 0.3) is 5.91 Å². The highest BCUT2D eigenvalue weighted by Crippen LogP contribution is 2.18. The Labute approximate surface area is 86.6 Å². The number of furan rings is 1. The Kier molecular flexibility index (Phi) is 2.25. The third kappa shape index (κ3) is 1.61. The van der Waals surface area contributed by atoms with Gasteiger partial charge in [-0.05, 0) is 12.1 Å². The van der Waals surface area contributed by atoms with Crippen molar-refractivity contribution < 1.29 is 9.21 Å². The minimum atomic E-state index is -0.209. The zero-order chi connectivity index (χ0) is 10.8. The summed E-state index contributed by atoms with van der Waals surface area (Å²) in [4.78, 5) is 15.4. The Balaban J connectivity index is 2.44. The van der Waals surface area contributed by atoms with Crippen molar-refractivity contribution in [1.82, 2.24) is 10.3 Å². The molecule has 1 amide bonds. The van der Waals surface area contributed by atoms with Crippen LogP contribution in [0.25, 0.3) is 16.7 Å². The fourth-order valence-corrected chi connectivity index (χ4v) is 1.31. The Hall–Kier alpha value is -2.10. The van der Waals surface area contributed by atoms with Crippen molar-refractivity contribution in [2.75, 3.05) is 7.05 Å². The largest absolute Gasteiger partial charge is 0.446 e. The molecule has 0 aromatic carbocycles.